The summed E-state index contributed by atoms with van der Waals surface area (Å²) in [4.78, 5) is 24.8. The number of carbonyl (C=O) groups excluding carboxylic acids is 2. The lowest BCUT2D eigenvalue weighted by Gasteiger charge is -2.12. The first-order chi connectivity index (χ1) is 15.8. The van der Waals surface area contributed by atoms with E-state index in [2.05, 4.69) is 26.5 Å². The molecule has 1 amide bonds. The van der Waals surface area contributed by atoms with E-state index in [0.717, 1.165) is 0 Å². The van der Waals surface area contributed by atoms with Gasteiger partial charge in [-0.15, -0.1) is 0 Å². The molecular formula is C23H17BrCl2N2O5. The van der Waals surface area contributed by atoms with Gasteiger partial charge >= 0.3 is 5.97 Å². The Hall–Kier alpha value is -3.07. The standard InChI is InChI=1S/C23H17BrCl2N2O5/c1-31-16-6-3-14(4-7-16)23(30)33-21-18(24)9-13(10-20(21)32-2)12-27-28-22(29)17-8-5-15(25)11-19(17)26/h3-12H,1-2H3,(H,28,29)/b27-12-. The van der Waals surface area contributed by atoms with Crippen LogP contribution in [0.2, 0.25) is 10.0 Å². The zero-order chi connectivity index (χ0) is 24.0. The van der Waals surface area contributed by atoms with Crippen molar-refractivity contribution < 1.29 is 23.8 Å². The Bertz CT molecular complexity index is 1220. The fourth-order valence-electron chi connectivity index (χ4n) is 2.69. The number of nitrogens with one attached hydrogen (secondary N) is 1. The number of ether oxygens (including phenoxy) is 3. The highest BCUT2D eigenvalue weighted by molar-refractivity contribution is 9.10. The topological polar surface area (TPSA) is 86.2 Å². The van der Waals surface area contributed by atoms with Gasteiger partial charge in [0.1, 0.15) is 5.75 Å². The summed E-state index contributed by atoms with van der Waals surface area (Å²) in [5.41, 5.74) is 3.55. The van der Waals surface area contributed by atoms with Crippen LogP contribution in [0.3, 0.4) is 0 Å². The third kappa shape index (κ3) is 6.25. The van der Waals surface area contributed by atoms with Gasteiger partial charge in [0, 0.05) is 5.02 Å². The van der Waals surface area contributed by atoms with Crippen LogP contribution in [0.15, 0.2) is 64.2 Å². The summed E-state index contributed by atoms with van der Waals surface area (Å²) in [5, 5.41) is 4.57. The van der Waals surface area contributed by atoms with Gasteiger partial charge in [-0.3, -0.25) is 4.79 Å². The summed E-state index contributed by atoms with van der Waals surface area (Å²) in [6, 6.07) is 14.3. The Kier molecular flexibility index (Phi) is 8.32. The van der Waals surface area contributed by atoms with Gasteiger partial charge in [-0.2, -0.15) is 5.10 Å². The molecule has 1 N–H and O–H groups in total. The Morgan fingerprint density at radius 3 is 2.36 bits per heavy atom. The fourth-order valence-corrected chi connectivity index (χ4v) is 3.73. The summed E-state index contributed by atoms with van der Waals surface area (Å²) in [5.74, 6) is 0.0563. The Morgan fingerprint density at radius 2 is 1.73 bits per heavy atom. The summed E-state index contributed by atoms with van der Waals surface area (Å²) in [6.45, 7) is 0. The average molecular weight is 552 g/mol. The first-order valence-electron chi connectivity index (χ1n) is 9.34. The van der Waals surface area contributed by atoms with Gasteiger partial charge in [0.2, 0.25) is 0 Å². The predicted molar refractivity (Wildman–Crippen MR) is 130 cm³/mol. The summed E-state index contributed by atoms with van der Waals surface area (Å²) < 4.78 is 16.4. The average Bonchev–Trinajstić information content (AvgIpc) is 2.80. The molecule has 0 bridgehead atoms. The first kappa shape index (κ1) is 24.6. The minimum atomic E-state index is -0.565. The number of halogens is 3. The van der Waals surface area contributed by atoms with Crippen LogP contribution >= 0.6 is 39.1 Å². The zero-order valence-electron chi connectivity index (χ0n) is 17.4. The second kappa shape index (κ2) is 11.2. The molecule has 0 atom stereocenters. The molecule has 33 heavy (non-hydrogen) atoms. The van der Waals surface area contributed by atoms with E-state index in [9.17, 15) is 9.59 Å². The molecule has 0 radical (unpaired) electrons. The van der Waals surface area contributed by atoms with E-state index in [1.807, 2.05) is 0 Å². The van der Waals surface area contributed by atoms with Gasteiger partial charge in [0.15, 0.2) is 11.5 Å². The number of nitrogens with zero attached hydrogens (tertiary/aromatic N) is 1. The molecule has 10 heteroatoms. The maximum absolute atomic E-state index is 12.5. The molecule has 0 fully saturated rings. The SMILES string of the molecule is COc1ccc(C(=O)Oc2c(Br)cc(/C=N\NC(=O)c3ccc(Cl)cc3Cl)cc2OC)cc1. The van der Waals surface area contributed by atoms with Crippen molar-refractivity contribution in [2.45, 2.75) is 0 Å². The second-order valence-corrected chi connectivity index (χ2v) is 8.17. The van der Waals surface area contributed by atoms with Crippen LogP contribution in [-0.4, -0.2) is 32.3 Å². The van der Waals surface area contributed by atoms with Crippen LogP contribution in [0.4, 0.5) is 0 Å². The molecule has 3 aromatic carbocycles. The van der Waals surface area contributed by atoms with Crippen molar-refractivity contribution in [1.82, 2.24) is 5.43 Å². The van der Waals surface area contributed by atoms with Crippen LogP contribution in [0, 0.1) is 0 Å². The summed E-state index contributed by atoms with van der Waals surface area (Å²) in [6.07, 6.45) is 1.41. The number of rotatable bonds is 7. The highest BCUT2D eigenvalue weighted by Gasteiger charge is 2.17. The van der Waals surface area contributed by atoms with E-state index in [1.54, 1.807) is 49.6 Å². The van der Waals surface area contributed by atoms with Crippen molar-refractivity contribution >= 4 is 57.2 Å². The van der Waals surface area contributed by atoms with Gasteiger partial charge in [-0.05, 0) is 76.1 Å². The van der Waals surface area contributed by atoms with E-state index >= 15 is 0 Å². The molecule has 7 nitrogen and oxygen atoms in total. The van der Waals surface area contributed by atoms with Crippen molar-refractivity contribution in [1.29, 1.82) is 0 Å². The number of hydrogen-bond donors (Lipinski definition) is 1. The van der Waals surface area contributed by atoms with Crippen molar-refractivity contribution in [3.05, 3.63) is 85.8 Å². The van der Waals surface area contributed by atoms with Crippen LogP contribution in [-0.2, 0) is 0 Å². The molecule has 0 spiro atoms. The Balaban J connectivity index is 1.73. The zero-order valence-corrected chi connectivity index (χ0v) is 20.5. The fraction of sp³-hybridized carbons (Fsp3) is 0.0870. The van der Waals surface area contributed by atoms with E-state index in [0.29, 0.717) is 32.1 Å². The van der Waals surface area contributed by atoms with Gasteiger partial charge in [-0.1, -0.05) is 23.2 Å². The molecule has 0 heterocycles. The van der Waals surface area contributed by atoms with Gasteiger partial charge in [0.05, 0.1) is 41.1 Å². The van der Waals surface area contributed by atoms with Crippen molar-refractivity contribution in [3.8, 4) is 17.2 Å². The van der Waals surface area contributed by atoms with Crippen LogP contribution in [0.1, 0.15) is 26.3 Å². The van der Waals surface area contributed by atoms with E-state index < -0.39 is 11.9 Å². The molecule has 170 valence electrons. The number of hydrogen-bond acceptors (Lipinski definition) is 6. The maximum atomic E-state index is 12.5. The lowest BCUT2D eigenvalue weighted by molar-refractivity contribution is 0.0728. The van der Waals surface area contributed by atoms with E-state index in [4.69, 9.17) is 37.4 Å². The number of carbonyl (C=O) groups is 2. The normalized spacial score (nSPS) is 10.7. The van der Waals surface area contributed by atoms with E-state index in [-0.39, 0.29) is 16.3 Å². The molecule has 0 aliphatic heterocycles. The number of benzene rings is 3. The lowest BCUT2D eigenvalue weighted by Crippen LogP contribution is -2.18. The quantitative estimate of drug-likeness (QED) is 0.175. The third-order valence-electron chi connectivity index (χ3n) is 4.33. The first-order valence-corrected chi connectivity index (χ1v) is 10.9. The molecule has 0 saturated carbocycles. The minimum Gasteiger partial charge on any atom is -0.497 e. The predicted octanol–water partition coefficient (Wildman–Crippen LogP) is 5.76. The van der Waals surface area contributed by atoms with E-state index in [1.165, 1.54) is 25.5 Å². The van der Waals surface area contributed by atoms with Crippen LogP contribution in [0.25, 0.3) is 0 Å². The van der Waals surface area contributed by atoms with Gasteiger partial charge in [-0.25, -0.2) is 10.2 Å². The van der Waals surface area contributed by atoms with Gasteiger partial charge < -0.3 is 14.2 Å². The van der Waals surface area contributed by atoms with Gasteiger partial charge in [0.25, 0.3) is 5.91 Å². The monoisotopic (exact) mass is 550 g/mol. The maximum Gasteiger partial charge on any atom is 0.343 e. The number of amides is 1. The molecule has 3 rings (SSSR count). The van der Waals surface area contributed by atoms with Crippen molar-refractivity contribution in [2.75, 3.05) is 14.2 Å². The second-order valence-electron chi connectivity index (χ2n) is 6.48. The molecular weight excluding hydrogens is 535 g/mol. The number of esters is 1. The Labute approximate surface area is 208 Å². The minimum absolute atomic E-state index is 0.201. The third-order valence-corrected chi connectivity index (χ3v) is 5.46. The molecule has 0 aliphatic carbocycles. The molecule has 0 unspecified atom stereocenters. The van der Waals surface area contributed by atoms with Crippen molar-refractivity contribution in [3.63, 3.8) is 0 Å². The Morgan fingerprint density at radius 1 is 1.00 bits per heavy atom. The lowest BCUT2D eigenvalue weighted by atomic mass is 10.2. The van der Waals surface area contributed by atoms with Crippen LogP contribution in [0.5, 0.6) is 17.2 Å². The largest absolute Gasteiger partial charge is 0.497 e. The number of methoxy groups -OCH3 is 2. The highest BCUT2D eigenvalue weighted by Crippen LogP contribution is 2.37. The summed E-state index contributed by atoms with van der Waals surface area (Å²) in [7, 11) is 2.98. The highest BCUT2D eigenvalue weighted by atomic mass is 79.9. The van der Waals surface area contributed by atoms with Crippen LogP contribution < -0.4 is 19.6 Å². The number of hydrazone groups is 1. The van der Waals surface area contributed by atoms with Crippen molar-refractivity contribution in [2.24, 2.45) is 5.10 Å². The molecule has 0 aromatic heterocycles. The molecule has 3 aromatic rings. The molecule has 0 aliphatic rings. The smallest absolute Gasteiger partial charge is 0.343 e. The molecule has 0 saturated heterocycles. The summed E-state index contributed by atoms with van der Waals surface area (Å²) >= 11 is 15.3.